The Morgan fingerprint density at radius 1 is 1.43 bits per heavy atom. The van der Waals surface area contributed by atoms with Gasteiger partial charge < -0.3 is 9.64 Å². The van der Waals surface area contributed by atoms with Crippen LogP contribution in [-0.4, -0.2) is 47.1 Å². The Balaban J connectivity index is 1.32. The van der Waals surface area contributed by atoms with E-state index in [-0.39, 0.29) is 10.7 Å². The van der Waals surface area contributed by atoms with Gasteiger partial charge in [0, 0.05) is 31.0 Å². The normalized spacial score (nSPS) is 25.2. The highest BCUT2D eigenvalue weighted by molar-refractivity contribution is 8.01. The van der Waals surface area contributed by atoms with Crippen molar-refractivity contribution in [1.82, 2.24) is 4.90 Å². The lowest BCUT2D eigenvalue weighted by molar-refractivity contribution is 0.0287. The summed E-state index contributed by atoms with van der Waals surface area (Å²) in [5, 5.41) is 8.95. The molecule has 5 heteroatoms. The van der Waals surface area contributed by atoms with E-state index in [0.29, 0.717) is 17.2 Å². The monoisotopic (exact) mass is 328 g/mol. The number of likely N-dealkylation sites (tertiary alicyclic amines) is 1. The molecule has 3 fully saturated rings. The molecule has 1 atom stereocenters. The van der Waals surface area contributed by atoms with Gasteiger partial charge in [-0.05, 0) is 43.4 Å². The Bertz CT molecular complexity index is 659. The summed E-state index contributed by atoms with van der Waals surface area (Å²) < 4.78 is 6.21. The van der Waals surface area contributed by atoms with E-state index < -0.39 is 0 Å². The van der Waals surface area contributed by atoms with Gasteiger partial charge in [-0.2, -0.15) is 5.26 Å². The number of benzene rings is 1. The fourth-order valence-corrected chi connectivity index (χ4v) is 4.94. The quantitative estimate of drug-likeness (QED) is 0.853. The maximum atomic E-state index is 12.5. The molecule has 1 aromatic carbocycles. The third kappa shape index (κ3) is 3.11. The second-order valence-corrected chi connectivity index (χ2v) is 8.44. The van der Waals surface area contributed by atoms with Gasteiger partial charge in [-0.25, -0.2) is 0 Å². The van der Waals surface area contributed by atoms with Crippen LogP contribution in [0.2, 0.25) is 0 Å². The first-order chi connectivity index (χ1) is 11.2. The molecular formula is C18H20N2O2S. The van der Waals surface area contributed by atoms with Crippen molar-refractivity contribution in [1.29, 1.82) is 5.26 Å². The number of nitriles is 1. The molecule has 2 saturated heterocycles. The number of amides is 1. The van der Waals surface area contributed by atoms with Crippen molar-refractivity contribution in [2.45, 2.75) is 30.1 Å². The van der Waals surface area contributed by atoms with Crippen molar-refractivity contribution in [2.24, 2.45) is 5.92 Å². The maximum Gasteiger partial charge on any atom is 0.253 e. The van der Waals surface area contributed by atoms with Gasteiger partial charge in [0.15, 0.2) is 0 Å². The predicted molar refractivity (Wildman–Crippen MR) is 89.3 cm³/mol. The average Bonchev–Trinajstić information content (AvgIpc) is 3.28. The average molecular weight is 328 g/mol. The third-order valence-electron chi connectivity index (χ3n) is 4.92. The van der Waals surface area contributed by atoms with Crippen LogP contribution in [-0.2, 0) is 4.74 Å². The van der Waals surface area contributed by atoms with Gasteiger partial charge in [-0.15, -0.1) is 11.8 Å². The molecular weight excluding hydrogens is 308 g/mol. The molecule has 0 N–H and O–H groups in total. The van der Waals surface area contributed by atoms with E-state index in [1.807, 2.05) is 16.7 Å². The summed E-state index contributed by atoms with van der Waals surface area (Å²) in [6.45, 7) is 2.53. The minimum atomic E-state index is 0.0377. The Morgan fingerprint density at radius 3 is 3.00 bits per heavy atom. The largest absolute Gasteiger partial charge is 0.377 e. The Hall–Kier alpha value is -1.51. The number of thioether (sulfide) groups is 1. The number of ether oxygens (including phenoxy) is 1. The first-order valence-corrected chi connectivity index (χ1v) is 9.21. The van der Waals surface area contributed by atoms with Crippen LogP contribution < -0.4 is 0 Å². The molecule has 1 saturated carbocycles. The molecule has 1 aliphatic carbocycles. The summed E-state index contributed by atoms with van der Waals surface area (Å²) in [7, 11) is 0. The number of hydrogen-bond donors (Lipinski definition) is 0. The SMILES string of the molecule is N#Cc1cccc(C(=O)N2CC3(C[C@H](OCC4CC4)CS3)C2)c1. The number of hydrogen-bond acceptors (Lipinski definition) is 4. The Labute approximate surface area is 140 Å². The van der Waals surface area contributed by atoms with E-state index in [1.54, 1.807) is 24.3 Å². The summed E-state index contributed by atoms with van der Waals surface area (Å²) in [5.74, 6) is 1.90. The highest BCUT2D eigenvalue weighted by Gasteiger charge is 2.51. The van der Waals surface area contributed by atoms with E-state index in [2.05, 4.69) is 6.07 Å². The lowest BCUT2D eigenvalue weighted by Gasteiger charge is -2.47. The van der Waals surface area contributed by atoms with E-state index in [1.165, 1.54) is 12.8 Å². The number of nitrogens with zero attached hydrogens (tertiary/aromatic N) is 2. The predicted octanol–water partition coefficient (Wildman–Crippen LogP) is 2.68. The topological polar surface area (TPSA) is 53.3 Å². The lowest BCUT2D eigenvalue weighted by atomic mass is 9.92. The fraction of sp³-hybridized carbons (Fsp3) is 0.556. The molecule has 0 unspecified atom stereocenters. The van der Waals surface area contributed by atoms with Crippen molar-refractivity contribution >= 4 is 17.7 Å². The van der Waals surface area contributed by atoms with Gasteiger partial charge in [0.25, 0.3) is 5.91 Å². The van der Waals surface area contributed by atoms with Crippen LogP contribution in [0.5, 0.6) is 0 Å². The minimum absolute atomic E-state index is 0.0377. The Morgan fingerprint density at radius 2 is 2.26 bits per heavy atom. The standard InChI is InChI=1S/C18H20N2O2S/c19-8-14-2-1-3-15(6-14)17(21)20-11-18(12-20)7-16(10-23-18)22-9-13-4-5-13/h1-3,6,13,16H,4-5,7,9-12H2/t16-/m0/s1. The zero-order valence-electron chi connectivity index (χ0n) is 13.0. The van der Waals surface area contributed by atoms with E-state index >= 15 is 0 Å². The summed E-state index contributed by atoms with van der Waals surface area (Å²) in [4.78, 5) is 14.4. The molecule has 120 valence electrons. The molecule has 23 heavy (non-hydrogen) atoms. The van der Waals surface area contributed by atoms with Crippen LogP contribution >= 0.6 is 11.8 Å². The van der Waals surface area contributed by atoms with Crippen molar-refractivity contribution in [3.8, 4) is 6.07 Å². The zero-order chi connectivity index (χ0) is 15.9. The third-order valence-corrected chi connectivity index (χ3v) is 6.50. The Kier molecular flexibility index (Phi) is 3.82. The van der Waals surface area contributed by atoms with Crippen molar-refractivity contribution in [2.75, 3.05) is 25.4 Å². The van der Waals surface area contributed by atoms with Crippen LogP contribution in [0.15, 0.2) is 24.3 Å². The van der Waals surface area contributed by atoms with Crippen LogP contribution in [0.4, 0.5) is 0 Å². The first-order valence-electron chi connectivity index (χ1n) is 8.22. The van der Waals surface area contributed by atoms with Gasteiger partial charge in [-0.3, -0.25) is 4.79 Å². The molecule has 4 rings (SSSR count). The van der Waals surface area contributed by atoms with Gasteiger partial charge >= 0.3 is 0 Å². The second-order valence-electron chi connectivity index (χ2n) is 6.95. The van der Waals surface area contributed by atoms with Crippen molar-refractivity contribution in [3.63, 3.8) is 0 Å². The zero-order valence-corrected chi connectivity index (χ0v) is 13.8. The first kappa shape index (κ1) is 15.0. The molecule has 1 aromatic rings. The molecule has 3 aliphatic rings. The highest BCUT2D eigenvalue weighted by atomic mass is 32.2. The van der Waals surface area contributed by atoms with Crippen LogP contribution in [0, 0.1) is 17.2 Å². The molecule has 1 amide bonds. The second kappa shape index (κ2) is 5.85. The van der Waals surface area contributed by atoms with Gasteiger partial charge in [-0.1, -0.05) is 6.07 Å². The number of carbonyl (C=O) groups is 1. The van der Waals surface area contributed by atoms with Crippen LogP contribution in [0.3, 0.4) is 0 Å². The van der Waals surface area contributed by atoms with Gasteiger partial charge in [0.2, 0.25) is 0 Å². The van der Waals surface area contributed by atoms with Gasteiger partial charge in [0.1, 0.15) is 0 Å². The lowest BCUT2D eigenvalue weighted by Crippen LogP contribution is -2.60. The maximum absolute atomic E-state index is 12.5. The van der Waals surface area contributed by atoms with E-state index in [9.17, 15) is 4.79 Å². The smallest absolute Gasteiger partial charge is 0.253 e. The molecule has 0 aromatic heterocycles. The van der Waals surface area contributed by atoms with Crippen LogP contribution in [0.1, 0.15) is 35.2 Å². The fourth-order valence-electron chi connectivity index (χ4n) is 3.38. The van der Waals surface area contributed by atoms with Crippen LogP contribution in [0.25, 0.3) is 0 Å². The minimum Gasteiger partial charge on any atom is -0.377 e. The summed E-state index contributed by atoms with van der Waals surface area (Å²) in [5.41, 5.74) is 1.15. The molecule has 2 aliphatic heterocycles. The summed E-state index contributed by atoms with van der Waals surface area (Å²) in [6, 6.07) is 9.05. The van der Waals surface area contributed by atoms with E-state index in [4.69, 9.17) is 10.00 Å². The summed E-state index contributed by atoms with van der Waals surface area (Å²) >= 11 is 1.96. The van der Waals surface area contributed by atoms with E-state index in [0.717, 1.165) is 37.8 Å². The molecule has 1 spiro atoms. The van der Waals surface area contributed by atoms with Crippen molar-refractivity contribution in [3.05, 3.63) is 35.4 Å². The highest BCUT2D eigenvalue weighted by Crippen LogP contribution is 2.46. The van der Waals surface area contributed by atoms with Crippen molar-refractivity contribution < 1.29 is 9.53 Å². The molecule has 0 bridgehead atoms. The number of rotatable bonds is 4. The van der Waals surface area contributed by atoms with Gasteiger partial charge in [0.05, 0.1) is 22.5 Å². The number of carbonyl (C=O) groups excluding carboxylic acids is 1. The molecule has 2 heterocycles. The molecule has 0 radical (unpaired) electrons. The molecule has 4 nitrogen and oxygen atoms in total. The summed E-state index contributed by atoms with van der Waals surface area (Å²) in [6.07, 6.45) is 4.08.